The van der Waals surface area contributed by atoms with Crippen LogP contribution in [0.25, 0.3) is 0 Å². The van der Waals surface area contributed by atoms with E-state index in [1.54, 1.807) is 13.3 Å². The minimum absolute atomic E-state index is 0.148. The monoisotopic (exact) mass is 114 g/mol. The highest BCUT2D eigenvalue weighted by atomic mass is 16.3. The zero-order chi connectivity index (χ0) is 5.98. The largest absolute Gasteiger partial charge is 0.391 e. The van der Waals surface area contributed by atoms with Crippen LogP contribution in [-0.2, 0) is 0 Å². The molecule has 0 aromatic carbocycles. The molecule has 0 radical (unpaired) electrons. The molecule has 1 rings (SSSR count). The van der Waals surface area contributed by atoms with Gasteiger partial charge in [-0.15, -0.1) is 0 Å². The fraction of sp³-hybridized carbons (Fsp3) is 0.800. The minimum atomic E-state index is -0.294. The van der Waals surface area contributed by atoms with Crippen LogP contribution in [0.5, 0.6) is 0 Å². The van der Waals surface area contributed by atoms with E-state index in [1.165, 1.54) is 0 Å². The first kappa shape index (κ1) is 5.56. The van der Waals surface area contributed by atoms with Crippen molar-refractivity contribution in [3.63, 3.8) is 0 Å². The van der Waals surface area contributed by atoms with Crippen molar-refractivity contribution >= 4 is 6.34 Å². The van der Waals surface area contributed by atoms with E-state index in [9.17, 15) is 0 Å². The van der Waals surface area contributed by atoms with Crippen LogP contribution >= 0.6 is 0 Å². The van der Waals surface area contributed by atoms with Crippen molar-refractivity contribution in [2.24, 2.45) is 4.99 Å². The third-order valence-electron chi connectivity index (χ3n) is 1.26. The maximum Gasteiger partial charge on any atom is 0.0828 e. The van der Waals surface area contributed by atoms with Gasteiger partial charge in [-0.25, -0.2) is 0 Å². The highest BCUT2D eigenvalue weighted by Gasteiger charge is 2.14. The van der Waals surface area contributed by atoms with Gasteiger partial charge in [0.1, 0.15) is 0 Å². The summed E-state index contributed by atoms with van der Waals surface area (Å²) in [5.74, 6) is 0. The summed E-state index contributed by atoms with van der Waals surface area (Å²) in [6, 6.07) is 0.148. The SMILES string of the molecule is CC(O)C1CN=CN1. The molecule has 0 aromatic rings. The molecule has 1 aliphatic rings. The predicted octanol–water partition coefficient (Wildman–Crippen LogP) is -0.633. The summed E-state index contributed by atoms with van der Waals surface area (Å²) in [7, 11) is 0. The van der Waals surface area contributed by atoms with E-state index in [0.29, 0.717) is 6.54 Å². The fourth-order valence-corrected chi connectivity index (χ4v) is 0.659. The fourth-order valence-electron chi connectivity index (χ4n) is 0.659. The number of aliphatic imine (C=N–C) groups is 1. The summed E-state index contributed by atoms with van der Waals surface area (Å²) in [6.07, 6.45) is 1.34. The van der Waals surface area contributed by atoms with Gasteiger partial charge in [0.05, 0.1) is 25.0 Å². The maximum absolute atomic E-state index is 8.91. The van der Waals surface area contributed by atoms with Crippen molar-refractivity contribution in [3.05, 3.63) is 0 Å². The molecule has 0 bridgehead atoms. The first-order valence-electron chi connectivity index (χ1n) is 2.73. The van der Waals surface area contributed by atoms with Gasteiger partial charge in [0, 0.05) is 0 Å². The molecule has 8 heavy (non-hydrogen) atoms. The van der Waals surface area contributed by atoms with E-state index >= 15 is 0 Å². The second-order valence-corrected chi connectivity index (χ2v) is 2.01. The van der Waals surface area contributed by atoms with E-state index < -0.39 is 0 Å². The summed E-state index contributed by atoms with van der Waals surface area (Å²) in [6.45, 7) is 2.46. The summed E-state index contributed by atoms with van der Waals surface area (Å²) in [5.41, 5.74) is 0. The lowest BCUT2D eigenvalue weighted by Gasteiger charge is -2.11. The van der Waals surface area contributed by atoms with Gasteiger partial charge >= 0.3 is 0 Å². The molecule has 0 saturated heterocycles. The van der Waals surface area contributed by atoms with Gasteiger partial charge in [-0.1, -0.05) is 0 Å². The Balaban J connectivity index is 2.29. The van der Waals surface area contributed by atoms with Crippen LogP contribution in [0, 0.1) is 0 Å². The third-order valence-corrected chi connectivity index (χ3v) is 1.26. The van der Waals surface area contributed by atoms with E-state index in [-0.39, 0.29) is 12.1 Å². The smallest absolute Gasteiger partial charge is 0.0828 e. The van der Waals surface area contributed by atoms with Crippen molar-refractivity contribution < 1.29 is 5.11 Å². The van der Waals surface area contributed by atoms with Crippen LogP contribution in [0.15, 0.2) is 4.99 Å². The Bertz CT molecular complexity index is 92.6. The molecule has 1 aliphatic heterocycles. The minimum Gasteiger partial charge on any atom is -0.391 e. The third kappa shape index (κ3) is 0.980. The molecule has 2 N–H and O–H groups in total. The summed E-state index contributed by atoms with van der Waals surface area (Å²) < 4.78 is 0. The van der Waals surface area contributed by atoms with Gasteiger partial charge < -0.3 is 10.4 Å². The molecule has 0 aliphatic carbocycles. The lowest BCUT2D eigenvalue weighted by atomic mass is 10.2. The quantitative estimate of drug-likeness (QED) is 0.476. The molecular weight excluding hydrogens is 104 g/mol. The molecule has 1 heterocycles. The number of nitrogens with one attached hydrogen (secondary N) is 1. The van der Waals surface area contributed by atoms with Crippen molar-refractivity contribution in [1.82, 2.24) is 5.32 Å². The van der Waals surface area contributed by atoms with Gasteiger partial charge in [-0.2, -0.15) is 0 Å². The topological polar surface area (TPSA) is 44.6 Å². The van der Waals surface area contributed by atoms with Crippen molar-refractivity contribution in [1.29, 1.82) is 0 Å². The number of nitrogens with zero attached hydrogens (tertiary/aromatic N) is 1. The Morgan fingerprint density at radius 1 is 2.00 bits per heavy atom. The van der Waals surface area contributed by atoms with Crippen LogP contribution in [-0.4, -0.2) is 30.1 Å². The van der Waals surface area contributed by atoms with E-state index in [0.717, 1.165) is 0 Å². The second-order valence-electron chi connectivity index (χ2n) is 2.01. The van der Waals surface area contributed by atoms with Crippen LogP contribution < -0.4 is 5.32 Å². The Hall–Kier alpha value is -0.570. The zero-order valence-corrected chi connectivity index (χ0v) is 4.83. The Kier molecular flexibility index (Phi) is 1.48. The molecule has 0 spiro atoms. The molecule has 0 saturated carbocycles. The Morgan fingerprint density at radius 3 is 3.00 bits per heavy atom. The van der Waals surface area contributed by atoms with Crippen molar-refractivity contribution in [2.75, 3.05) is 6.54 Å². The van der Waals surface area contributed by atoms with Crippen LogP contribution in [0.4, 0.5) is 0 Å². The highest BCUT2D eigenvalue weighted by molar-refractivity contribution is 5.57. The second kappa shape index (κ2) is 2.13. The number of hydrogen-bond acceptors (Lipinski definition) is 3. The van der Waals surface area contributed by atoms with Gasteiger partial charge in [0.15, 0.2) is 0 Å². The first-order chi connectivity index (χ1) is 3.80. The molecule has 0 amide bonds. The summed E-state index contributed by atoms with van der Waals surface area (Å²) >= 11 is 0. The molecular formula is C5H10N2O. The lowest BCUT2D eigenvalue weighted by Crippen LogP contribution is -2.35. The number of aliphatic hydroxyl groups is 1. The number of hydrogen-bond donors (Lipinski definition) is 2. The molecule has 3 heteroatoms. The average molecular weight is 114 g/mol. The molecule has 2 atom stereocenters. The van der Waals surface area contributed by atoms with Crippen molar-refractivity contribution in [3.8, 4) is 0 Å². The lowest BCUT2D eigenvalue weighted by molar-refractivity contribution is 0.162. The Morgan fingerprint density at radius 2 is 2.75 bits per heavy atom. The Labute approximate surface area is 48.4 Å². The number of aliphatic hydroxyl groups excluding tert-OH is 1. The molecule has 0 aromatic heterocycles. The van der Waals surface area contributed by atoms with Crippen LogP contribution in [0.1, 0.15) is 6.92 Å². The summed E-state index contributed by atoms with van der Waals surface area (Å²) in [5, 5.41) is 11.8. The standard InChI is InChI=1S/C5H10N2O/c1-4(8)5-2-6-3-7-5/h3-5,8H,2H2,1H3,(H,6,7). The van der Waals surface area contributed by atoms with E-state index in [4.69, 9.17) is 5.11 Å². The molecule has 0 fully saturated rings. The molecule has 2 unspecified atom stereocenters. The van der Waals surface area contributed by atoms with E-state index in [1.807, 2.05) is 0 Å². The van der Waals surface area contributed by atoms with Gasteiger partial charge in [0.25, 0.3) is 0 Å². The van der Waals surface area contributed by atoms with Gasteiger partial charge in [-0.3, -0.25) is 4.99 Å². The highest BCUT2D eigenvalue weighted by Crippen LogP contribution is 1.95. The number of rotatable bonds is 1. The zero-order valence-electron chi connectivity index (χ0n) is 4.83. The van der Waals surface area contributed by atoms with Gasteiger partial charge in [0.2, 0.25) is 0 Å². The van der Waals surface area contributed by atoms with E-state index in [2.05, 4.69) is 10.3 Å². The maximum atomic E-state index is 8.91. The predicted molar refractivity (Wildman–Crippen MR) is 32.0 cm³/mol. The van der Waals surface area contributed by atoms with Crippen molar-refractivity contribution in [2.45, 2.75) is 19.1 Å². The molecule has 3 nitrogen and oxygen atoms in total. The first-order valence-corrected chi connectivity index (χ1v) is 2.73. The molecule has 46 valence electrons. The van der Waals surface area contributed by atoms with Gasteiger partial charge in [-0.05, 0) is 6.92 Å². The normalized spacial score (nSPS) is 30.0. The van der Waals surface area contributed by atoms with Crippen LogP contribution in [0.3, 0.4) is 0 Å². The average Bonchev–Trinajstić information content (AvgIpc) is 2.12. The van der Waals surface area contributed by atoms with Crippen LogP contribution in [0.2, 0.25) is 0 Å². The summed E-state index contributed by atoms with van der Waals surface area (Å²) in [4.78, 5) is 3.89.